The van der Waals surface area contributed by atoms with E-state index in [0.29, 0.717) is 0 Å². The van der Waals surface area contributed by atoms with Crippen LogP contribution < -0.4 is 5.73 Å². The van der Waals surface area contributed by atoms with Gasteiger partial charge in [-0.05, 0) is 6.92 Å². The summed E-state index contributed by atoms with van der Waals surface area (Å²) < 4.78 is 2.03. The van der Waals surface area contributed by atoms with Crippen molar-refractivity contribution in [3.8, 4) is 0 Å². The maximum Gasteiger partial charge on any atom is 0.0952 e. The van der Waals surface area contributed by atoms with E-state index in [1.165, 1.54) is 0 Å². The van der Waals surface area contributed by atoms with Crippen LogP contribution in [0.25, 0.3) is 0 Å². The van der Waals surface area contributed by atoms with Gasteiger partial charge in [0.1, 0.15) is 0 Å². The van der Waals surface area contributed by atoms with E-state index >= 15 is 0 Å². The van der Waals surface area contributed by atoms with Crippen molar-refractivity contribution in [3.05, 3.63) is 34.8 Å². The number of hydrogen-bond donors (Lipinski definition) is 1. The minimum atomic E-state index is 0.0103. The van der Waals surface area contributed by atoms with E-state index in [4.69, 9.17) is 5.73 Å². The van der Waals surface area contributed by atoms with Gasteiger partial charge in [-0.15, -0.1) is 11.3 Å². The molecule has 0 amide bonds. The molecular formula is C9H12N4S. The van der Waals surface area contributed by atoms with Crippen LogP contribution >= 0.6 is 11.3 Å². The number of hydrogen-bond acceptors (Lipinski definition) is 4. The van der Waals surface area contributed by atoms with E-state index < -0.39 is 0 Å². The largest absolute Gasteiger partial charge is 0.327 e. The summed E-state index contributed by atoms with van der Waals surface area (Å²) in [6, 6.07) is 0.0103. The monoisotopic (exact) mass is 208 g/mol. The third-order valence-corrected chi connectivity index (χ3v) is 2.66. The molecule has 14 heavy (non-hydrogen) atoms. The zero-order valence-corrected chi connectivity index (χ0v) is 8.74. The van der Waals surface area contributed by atoms with Gasteiger partial charge in [0.05, 0.1) is 29.8 Å². The van der Waals surface area contributed by atoms with Crippen LogP contribution in [0.2, 0.25) is 0 Å². The van der Waals surface area contributed by atoms with Gasteiger partial charge in [-0.25, -0.2) is 9.97 Å². The van der Waals surface area contributed by atoms with Gasteiger partial charge in [-0.3, -0.25) is 0 Å². The summed E-state index contributed by atoms with van der Waals surface area (Å²) in [6.45, 7) is 2.70. The first-order chi connectivity index (χ1) is 6.77. The fourth-order valence-electron chi connectivity index (χ4n) is 1.33. The highest BCUT2D eigenvalue weighted by Gasteiger charge is 2.07. The Balaban J connectivity index is 2.21. The zero-order valence-electron chi connectivity index (χ0n) is 7.92. The van der Waals surface area contributed by atoms with Gasteiger partial charge in [-0.2, -0.15) is 0 Å². The van der Waals surface area contributed by atoms with Gasteiger partial charge in [-0.1, -0.05) is 0 Å². The van der Waals surface area contributed by atoms with Crippen LogP contribution in [0.4, 0.5) is 0 Å². The second kappa shape index (κ2) is 3.89. The lowest BCUT2D eigenvalue weighted by molar-refractivity contribution is 0.668. The molecule has 5 heteroatoms. The summed E-state index contributed by atoms with van der Waals surface area (Å²) in [6.07, 6.45) is 3.59. The molecule has 2 heterocycles. The van der Waals surface area contributed by atoms with Crippen molar-refractivity contribution in [3.63, 3.8) is 0 Å². The fraction of sp³-hybridized carbons (Fsp3) is 0.333. The van der Waals surface area contributed by atoms with E-state index in [-0.39, 0.29) is 6.04 Å². The molecule has 0 bridgehead atoms. The first-order valence-electron chi connectivity index (χ1n) is 4.40. The molecule has 2 aromatic rings. The topological polar surface area (TPSA) is 56.7 Å². The maximum absolute atomic E-state index is 5.81. The lowest BCUT2D eigenvalue weighted by Crippen LogP contribution is -2.12. The molecule has 2 aromatic heterocycles. The average Bonchev–Trinajstić information content (AvgIpc) is 2.75. The predicted molar refractivity (Wildman–Crippen MR) is 56.0 cm³/mol. The summed E-state index contributed by atoms with van der Waals surface area (Å²) in [5.74, 6) is 0. The van der Waals surface area contributed by atoms with Gasteiger partial charge in [0.25, 0.3) is 0 Å². The van der Waals surface area contributed by atoms with Gasteiger partial charge < -0.3 is 10.3 Å². The molecule has 0 fully saturated rings. The molecular weight excluding hydrogens is 196 g/mol. The molecule has 0 spiro atoms. The summed E-state index contributed by atoms with van der Waals surface area (Å²) in [5, 5.41) is 2.03. The van der Waals surface area contributed by atoms with Crippen LogP contribution in [-0.4, -0.2) is 14.5 Å². The average molecular weight is 208 g/mol. The second-order valence-corrected chi connectivity index (χ2v) is 3.93. The Morgan fingerprint density at radius 1 is 1.64 bits per heavy atom. The highest BCUT2D eigenvalue weighted by Crippen LogP contribution is 2.11. The first kappa shape index (κ1) is 9.36. The predicted octanol–water partition coefficient (Wildman–Crippen LogP) is 1.41. The minimum Gasteiger partial charge on any atom is -0.327 e. The number of nitrogens with zero attached hydrogens (tertiary/aromatic N) is 3. The second-order valence-electron chi connectivity index (χ2n) is 3.21. The lowest BCUT2D eigenvalue weighted by atomic mass is 10.2. The van der Waals surface area contributed by atoms with Crippen molar-refractivity contribution < 1.29 is 0 Å². The van der Waals surface area contributed by atoms with E-state index in [9.17, 15) is 0 Å². The fourth-order valence-corrected chi connectivity index (χ4v) is 1.88. The van der Waals surface area contributed by atoms with E-state index in [1.807, 2.05) is 22.4 Å². The number of imidazole rings is 1. The SMILES string of the molecule is C[C@H](N)c1cncn1Cc1cscn1. The molecule has 0 saturated heterocycles. The number of thiazole rings is 1. The van der Waals surface area contributed by atoms with Gasteiger partial charge in [0.15, 0.2) is 0 Å². The van der Waals surface area contributed by atoms with E-state index in [1.54, 1.807) is 23.9 Å². The van der Waals surface area contributed by atoms with Gasteiger partial charge in [0, 0.05) is 17.6 Å². The standard InChI is InChI=1S/C9H12N4S/c1-7(10)9-2-11-5-13(9)3-8-4-14-6-12-8/h2,4-7H,3,10H2,1H3/t7-/m0/s1. The van der Waals surface area contributed by atoms with Crippen molar-refractivity contribution in [1.29, 1.82) is 0 Å². The highest BCUT2D eigenvalue weighted by atomic mass is 32.1. The van der Waals surface area contributed by atoms with Crippen molar-refractivity contribution in [1.82, 2.24) is 14.5 Å². The number of aromatic nitrogens is 3. The zero-order chi connectivity index (χ0) is 9.97. The molecule has 0 radical (unpaired) electrons. The number of nitrogens with two attached hydrogens (primary N) is 1. The highest BCUT2D eigenvalue weighted by molar-refractivity contribution is 7.07. The quantitative estimate of drug-likeness (QED) is 0.829. The smallest absolute Gasteiger partial charge is 0.0952 e. The lowest BCUT2D eigenvalue weighted by Gasteiger charge is -2.08. The molecule has 0 aliphatic heterocycles. The summed E-state index contributed by atoms with van der Waals surface area (Å²) in [7, 11) is 0. The Bertz CT molecular complexity index is 391. The number of rotatable bonds is 3. The van der Waals surface area contributed by atoms with Crippen molar-refractivity contribution in [2.24, 2.45) is 5.73 Å². The van der Waals surface area contributed by atoms with E-state index in [2.05, 4.69) is 9.97 Å². The Morgan fingerprint density at radius 2 is 2.50 bits per heavy atom. The van der Waals surface area contributed by atoms with Crippen molar-refractivity contribution in [2.75, 3.05) is 0 Å². The molecule has 0 aliphatic carbocycles. The molecule has 0 saturated carbocycles. The Hall–Kier alpha value is -1.20. The van der Waals surface area contributed by atoms with Crippen LogP contribution in [0.15, 0.2) is 23.4 Å². The van der Waals surface area contributed by atoms with Crippen LogP contribution in [0.3, 0.4) is 0 Å². The molecule has 0 unspecified atom stereocenters. The van der Waals surface area contributed by atoms with Crippen LogP contribution in [0.1, 0.15) is 24.4 Å². The minimum absolute atomic E-state index is 0.0103. The molecule has 4 nitrogen and oxygen atoms in total. The molecule has 2 rings (SSSR count). The molecule has 0 aromatic carbocycles. The third kappa shape index (κ3) is 1.83. The maximum atomic E-state index is 5.81. The summed E-state index contributed by atoms with van der Waals surface area (Å²) in [5.41, 5.74) is 9.73. The molecule has 0 aliphatic rings. The van der Waals surface area contributed by atoms with Gasteiger partial charge in [0.2, 0.25) is 0 Å². The van der Waals surface area contributed by atoms with Crippen LogP contribution in [-0.2, 0) is 6.54 Å². The molecule has 2 N–H and O–H groups in total. The summed E-state index contributed by atoms with van der Waals surface area (Å²) in [4.78, 5) is 8.30. The Kier molecular flexibility index (Phi) is 2.60. The third-order valence-electron chi connectivity index (χ3n) is 2.03. The van der Waals surface area contributed by atoms with Crippen LogP contribution in [0, 0.1) is 0 Å². The van der Waals surface area contributed by atoms with E-state index in [0.717, 1.165) is 17.9 Å². The van der Waals surface area contributed by atoms with Crippen molar-refractivity contribution >= 4 is 11.3 Å². The summed E-state index contributed by atoms with van der Waals surface area (Å²) >= 11 is 1.60. The van der Waals surface area contributed by atoms with Crippen molar-refractivity contribution in [2.45, 2.75) is 19.5 Å². The molecule has 74 valence electrons. The van der Waals surface area contributed by atoms with Gasteiger partial charge >= 0.3 is 0 Å². The van der Waals surface area contributed by atoms with Crippen LogP contribution in [0.5, 0.6) is 0 Å². The first-order valence-corrected chi connectivity index (χ1v) is 5.34. The Morgan fingerprint density at radius 3 is 3.14 bits per heavy atom. The Labute approximate surface area is 86.4 Å². The normalized spacial score (nSPS) is 13.0. The molecule has 1 atom stereocenters.